The molecule has 0 atom stereocenters. The topological polar surface area (TPSA) is 75.5 Å². The monoisotopic (exact) mass is 291 g/mol. The van der Waals surface area contributed by atoms with Crippen LogP contribution in [0.3, 0.4) is 0 Å². The lowest BCUT2D eigenvalue weighted by molar-refractivity contribution is -0.384. The number of nitro benzene ring substituents is 1. The molecule has 0 saturated heterocycles. The smallest absolute Gasteiger partial charge is 0.269 e. The van der Waals surface area contributed by atoms with Gasteiger partial charge in [-0.3, -0.25) is 14.9 Å². The van der Waals surface area contributed by atoms with Gasteiger partial charge in [0.1, 0.15) is 0 Å². The second-order valence-corrected chi connectivity index (χ2v) is 5.48. The highest BCUT2D eigenvalue weighted by Gasteiger charge is 2.19. The molecule has 0 unspecified atom stereocenters. The summed E-state index contributed by atoms with van der Waals surface area (Å²) < 4.78 is 0. The summed E-state index contributed by atoms with van der Waals surface area (Å²) in [5.74, 6) is -0.190. The first-order chi connectivity index (χ1) is 10.1. The molecule has 0 spiro atoms. The molecule has 0 bridgehead atoms. The first kappa shape index (κ1) is 15.4. The highest BCUT2D eigenvalue weighted by molar-refractivity contribution is 5.94. The second-order valence-electron chi connectivity index (χ2n) is 5.48. The van der Waals surface area contributed by atoms with E-state index in [1.165, 1.54) is 49.9 Å². The minimum atomic E-state index is -0.474. The summed E-state index contributed by atoms with van der Waals surface area (Å²) in [6.45, 7) is 1.41. The van der Waals surface area contributed by atoms with Gasteiger partial charge in [0.2, 0.25) is 0 Å². The van der Waals surface area contributed by atoms with Gasteiger partial charge in [-0.1, -0.05) is 12.8 Å². The van der Waals surface area contributed by atoms with E-state index in [-0.39, 0.29) is 11.6 Å². The lowest BCUT2D eigenvalue weighted by Crippen LogP contribution is -2.37. The molecular formula is C15H21N3O3. The molecule has 1 N–H and O–H groups in total. The second kappa shape index (κ2) is 7.17. The number of carbonyl (C=O) groups excluding carboxylic acids is 1. The first-order valence-electron chi connectivity index (χ1n) is 7.31. The molecule has 0 heterocycles. The van der Waals surface area contributed by atoms with Gasteiger partial charge in [-0.05, 0) is 32.0 Å². The van der Waals surface area contributed by atoms with Crippen molar-refractivity contribution in [3.8, 4) is 0 Å². The molecule has 6 nitrogen and oxygen atoms in total. The van der Waals surface area contributed by atoms with E-state index in [0.717, 1.165) is 6.54 Å². The van der Waals surface area contributed by atoms with Crippen molar-refractivity contribution in [1.29, 1.82) is 0 Å². The Balaban J connectivity index is 1.77. The maximum absolute atomic E-state index is 11.9. The van der Waals surface area contributed by atoms with E-state index >= 15 is 0 Å². The third-order valence-electron chi connectivity index (χ3n) is 4.04. The Morgan fingerprint density at radius 3 is 2.52 bits per heavy atom. The van der Waals surface area contributed by atoms with Gasteiger partial charge in [0, 0.05) is 36.8 Å². The van der Waals surface area contributed by atoms with Crippen LogP contribution in [0.5, 0.6) is 0 Å². The zero-order valence-electron chi connectivity index (χ0n) is 12.2. The molecule has 1 aliphatic rings. The Bertz CT molecular complexity index is 495. The van der Waals surface area contributed by atoms with Gasteiger partial charge in [-0.2, -0.15) is 0 Å². The summed E-state index contributed by atoms with van der Waals surface area (Å²) in [7, 11) is 2.09. The van der Waals surface area contributed by atoms with Crippen LogP contribution < -0.4 is 5.32 Å². The number of carbonyl (C=O) groups is 1. The largest absolute Gasteiger partial charge is 0.351 e. The first-order valence-corrected chi connectivity index (χ1v) is 7.31. The lowest BCUT2D eigenvalue weighted by Gasteiger charge is -2.23. The molecule has 114 valence electrons. The van der Waals surface area contributed by atoms with Crippen LogP contribution in [0.25, 0.3) is 0 Å². The van der Waals surface area contributed by atoms with Crippen LogP contribution in [0.1, 0.15) is 36.0 Å². The standard InChI is InChI=1S/C15H21N3O3/c1-17(13-4-2-3-5-13)11-10-16-15(19)12-6-8-14(9-7-12)18(20)21/h6-9,13H,2-5,10-11H2,1H3,(H,16,19). The van der Waals surface area contributed by atoms with Gasteiger partial charge >= 0.3 is 0 Å². The number of benzene rings is 1. The predicted octanol–water partition coefficient (Wildman–Crippen LogP) is 2.20. The lowest BCUT2D eigenvalue weighted by atomic mass is 10.2. The molecule has 0 radical (unpaired) electrons. The fourth-order valence-corrected chi connectivity index (χ4v) is 2.71. The van der Waals surface area contributed by atoms with Crippen LogP contribution >= 0.6 is 0 Å². The molecule has 21 heavy (non-hydrogen) atoms. The quantitative estimate of drug-likeness (QED) is 0.644. The van der Waals surface area contributed by atoms with Crippen molar-refractivity contribution in [1.82, 2.24) is 10.2 Å². The molecule has 1 saturated carbocycles. The fraction of sp³-hybridized carbons (Fsp3) is 0.533. The van der Waals surface area contributed by atoms with Gasteiger partial charge < -0.3 is 10.2 Å². The zero-order chi connectivity index (χ0) is 15.2. The number of amides is 1. The van der Waals surface area contributed by atoms with E-state index in [2.05, 4.69) is 17.3 Å². The average Bonchev–Trinajstić information content (AvgIpc) is 3.01. The molecule has 1 fully saturated rings. The van der Waals surface area contributed by atoms with Crippen molar-refractivity contribution >= 4 is 11.6 Å². The SMILES string of the molecule is CN(CCNC(=O)c1ccc([N+](=O)[O-])cc1)C1CCCC1. The molecule has 1 amide bonds. The van der Waals surface area contributed by atoms with Crippen LogP contribution in [0.2, 0.25) is 0 Å². The van der Waals surface area contributed by atoms with E-state index in [1.54, 1.807) is 0 Å². The normalized spacial score (nSPS) is 15.3. The summed E-state index contributed by atoms with van der Waals surface area (Å²) in [5.41, 5.74) is 0.441. The number of nitrogens with zero attached hydrogens (tertiary/aromatic N) is 2. The van der Waals surface area contributed by atoms with Crippen molar-refractivity contribution in [3.63, 3.8) is 0 Å². The summed E-state index contributed by atoms with van der Waals surface area (Å²) >= 11 is 0. The molecule has 1 aromatic rings. The number of nitro groups is 1. The van der Waals surface area contributed by atoms with Gasteiger partial charge in [-0.25, -0.2) is 0 Å². The summed E-state index contributed by atoms with van der Waals surface area (Å²) in [6.07, 6.45) is 5.08. The summed E-state index contributed by atoms with van der Waals surface area (Å²) in [5, 5.41) is 13.4. The van der Waals surface area contributed by atoms with Crippen molar-refractivity contribution in [3.05, 3.63) is 39.9 Å². The Hall–Kier alpha value is -1.95. The summed E-state index contributed by atoms with van der Waals surface area (Å²) in [6, 6.07) is 6.29. The fourth-order valence-electron chi connectivity index (χ4n) is 2.71. The Labute approximate surface area is 124 Å². The van der Waals surface area contributed by atoms with Crippen LogP contribution in [-0.4, -0.2) is 41.9 Å². The molecule has 2 rings (SSSR count). The van der Waals surface area contributed by atoms with Crippen LogP contribution in [0.4, 0.5) is 5.69 Å². The number of hydrogen-bond donors (Lipinski definition) is 1. The number of hydrogen-bond acceptors (Lipinski definition) is 4. The Morgan fingerprint density at radius 1 is 1.33 bits per heavy atom. The van der Waals surface area contributed by atoms with Crippen molar-refractivity contribution in [2.24, 2.45) is 0 Å². The van der Waals surface area contributed by atoms with E-state index in [9.17, 15) is 14.9 Å². The van der Waals surface area contributed by atoms with E-state index in [0.29, 0.717) is 18.2 Å². The number of non-ortho nitro benzene ring substituents is 1. The number of likely N-dealkylation sites (N-methyl/N-ethyl adjacent to an activating group) is 1. The van der Waals surface area contributed by atoms with Crippen LogP contribution in [0.15, 0.2) is 24.3 Å². The third kappa shape index (κ3) is 4.26. The van der Waals surface area contributed by atoms with Gasteiger partial charge in [-0.15, -0.1) is 0 Å². The number of nitrogens with one attached hydrogen (secondary N) is 1. The molecule has 1 aromatic carbocycles. The Kier molecular flexibility index (Phi) is 5.27. The average molecular weight is 291 g/mol. The summed E-state index contributed by atoms with van der Waals surface area (Å²) in [4.78, 5) is 24.3. The minimum absolute atomic E-state index is 0.00693. The molecule has 0 aromatic heterocycles. The highest BCUT2D eigenvalue weighted by atomic mass is 16.6. The maximum Gasteiger partial charge on any atom is 0.269 e. The van der Waals surface area contributed by atoms with Crippen molar-refractivity contribution in [2.45, 2.75) is 31.7 Å². The van der Waals surface area contributed by atoms with Crippen LogP contribution in [0, 0.1) is 10.1 Å². The highest BCUT2D eigenvalue weighted by Crippen LogP contribution is 2.21. The Morgan fingerprint density at radius 2 is 1.95 bits per heavy atom. The third-order valence-corrected chi connectivity index (χ3v) is 4.04. The minimum Gasteiger partial charge on any atom is -0.351 e. The van der Waals surface area contributed by atoms with Gasteiger partial charge in [0.25, 0.3) is 11.6 Å². The van der Waals surface area contributed by atoms with Crippen molar-refractivity contribution in [2.75, 3.05) is 20.1 Å². The molecule has 6 heteroatoms. The predicted molar refractivity (Wildman–Crippen MR) is 80.3 cm³/mol. The van der Waals surface area contributed by atoms with E-state index in [4.69, 9.17) is 0 Å². The van der Waals surface area contributed by atoms with E-state index in [1.807, 2.05) is 0 Å². The van der Waals surface area contributed by atoms with Gasteiger partial charge in [0.05, 0.1) is 4.92 Å². The molecule has 1 aliphatic carbocycles. The van der Waals surface area contributed by atoms with E-state index < -0.39 is 4.92 Å². The number of rotatable bonds is 6. The molecular weight excluding hydrogens is 270 g/mol. The van der Waals surface area contributed by atoms with Gasteiger partial charge in [0.15, 0.2) is 0 Å². The molecule has 0 aliphatic heterocycles. The van der Waals surface area contributed by atoms with Crippen LogP contribution in [-0.2, 0) is 0 Å². The maximum atomic E-state index is 11.9. The van der Waals surface area contributed by atoms with Crippen molar-refractivity contribution < 1.29 is 9.72 Å². The zero-order valence-corrected chi connectivity index (χ0v) is 12.2.